The lowest BCUT2D eigenvalue weighted by Crippen LogP contribution is -2.10. The highest BCUT2D eigenvalue weighted by Crippen LogP contribution is 2.28. The number of allylic oxidation sites excluding steroid dienone is 1. The minimum absolute atomic E-state index is 0.0824. The van der Waals surface area contributed by atoms with E-state index >= 15 is 0 Å². The molecule has 0 aliphatic heterocycles. The summed E-state index contributed by atoms with van der Waals surface area (Å²) in [6, 6.07) is 12.7. The molecule has 0 aromatic heterocycles. The van der Waals surface area contributed by atoms with Crippen LogP contribution in [-0.4, -0.2) is 30.6 Å². The molecule has 0 fully saturated rings. The normalized spacial score (nSPS) is 11.4. The molecule has 0 aliphatic carbocycles. The van der Waals surface area contributed by atoms with E-state index in [2.05, 4.69) is 32.9 Å². The topological polar surface area (TPSA) is 72.8 Å². The van der Waals surface area contributed by atoms with Gasteiger partial charge in [0.1, 0.15) is 0 Å². The van der Waals surface area contributed by atoms with Gasteiger partial charge in [0, 0.05) is 5.56 Å². The first-order chi connectivity index (χ1) is 12.7. The van der Waals surface area contributed by atoms with Crippen LogP contribution in [0.4, 0.5) is 0 Å². The van der Waals surface area contributed by atoms with Crippen molar-refractivity contribution in [1.29, 1.82) is 0 Å². The zero-order valence-electron chi connectivity index (χ0n) is 16.0. The monoisotopic (exact) mass is 368 g/mol. The molecule has 142 valence electrons. The van der Waals surface area contributed by atoms with Crippen molar-refractivity contribution >= 4 is 17.8 Å². The smallest absolute Gasteiger partial charge is 0.341 e. The molecule has 0 saturated carbocycles. The molecule has 2 aromatic carbocycles. The van der Waals surface area contributed by atoms with Gasteiger partial charge >= 0.3 is 5.97 Å². The number of hydrogen-bond donors (Lipinski definition) is 1. The molecule has 0 aliphatic rings. The van der Waals surface area contributed by atoms with Gasteiger partial charge in [-0.3, -0.25) is 4.79 Å². The molecule has 0 spiro atoms. The molecule has 0 amide bonds. The maximum absolute atomic E-state index is 12.4. The van der Waals surface area contributed by atoms with Crippen molar-refractivity contribution in [3.05, 3.63) is 65.2 Å². The van der Waals surface area contributed by atoms with E-state index in [1.165, 1.54) is 30.9 Å². The lowest BCUT2D eigenvalue weighted by atomic mass is 9.87. The maximum atomic E-state index is 12.4. The predicted octanol–water partition coefficient (Wildman–Crippen LogP) is 4.35. The lowest BCUT2D eigenvalue weighted by Gasteiger charge is -2.18. The Morgan fingerprint density at radius 1 is 1.04 bits per heavy atom. The number of rotatable bonds is 7. The van der Waals surface area contributed by atoms with Gasteiger partial charge in [-0.2, -0.15) is 0 Å². The number of carbonyl (C=O) groups excluding carboxylic acids is 1. The van der Waals surface area contributed by atoms with Crippen LogP contribution in [0.1, 0.15) is 42.3 Å². The standard InChI is InChI=1S/C22H24O5/c1-22(2,3)17-9-5-15(6-10-17)7-11-18(23)16-8-12-19(20(13-16)26-4)27-14-21(24)25/h5-13H,14H2,1-4H3,(H,24,25). The molecule has 5 nitrogen and oxygen atoms in total. The van der Waals surface area contributed by atoms with E-state index in [4.69, 9.17) is 14.6 Å². The highest BCUT2D eigenvalue weighted by molar-refractivity contribution is 6.07. The molecule has 2 aromatic rings. The fourth-order valence-electron chi connectivity index (χ4n) is 2.44. The van der Waals surface area contributed by atoms with Gasteiger partial charge in [-0.25, -0.2) is 4.79 Å². The Morgan fingerprint density at radius 3 is 2.26 bits per heavy atom. The second-order valence-electron chi connectivity index (χ2n) is 7.12. The summed E-state index contributed by atoms with van der Waals surface area (Å²) < 4.78 is 10.3. The van der Waals surface area contributed by atoms with Crippen LogP contribution < -0.4 is 9.47 Å². The number of ether oxygens (including phenoxy) is 2. The van der Waals surface area contributed by atoms with Gasteiger partial charge in [-0.1, -0.05) is 51.1 Å². The quantitative estimate of drug-likeness (QED) is 0.581. The van der Waals surface area contributed by atoms with Crippen molar-refractivity contribution < 1.29 is 24.2 Å². The molecule has 27 heavy (non-hydrogen) atoms. The van der Waals surface area contributed by atoms with Crippen molar-refractivity contribution in [2.45, 2.75) is 26.2 Å². The van der Waals surface area contributed by atoms with Crippen LogP contribution in [0.3, 0.4) is 0 Å². The maximum Gasteiger partial charge on any atom is 0.341 e. The average Bonchev–Trinajstić information content (AvgIpc) is 2.63. The van der Waals surface area contributed by atoms with E-state index < -0.39 is 12.6 Å². The van der Waals surface area contributed by atoms with Crippen LogP contribution in [0.25, 0.3) is 6.08 Å². The van der Waals surface area contributed by atoms with E-state index in [-0.39, 0.29) is 16.9 Å². The van der Waals surface area contributed by atoms with Crippen LogP contribution in [0.2, 0.25) is 0 Å². The van der Waals surface area contributed by atoms with Gasteiger partial charge in [0.2, 0.25) is 0 Å². The van der Waals surface area contributed by atoms with Crippen molar-refractivity contribution in [2.24, 2.45) is 0 Å². The Kier molecular flexibility index (Phi) is 6.40. The Balaban J connectivity index is 2.13. The summed E-state index contributed by atoms with van der Waals surface area (Å²) in [5, 5.41) is 8.69. The fraction of sp³-hybridized carbons (Fsp3) is 0.273. The second kappa shape index (κ2) is 8.54. The molecule has 0 unspecified atom stereocenters. The van der Waals surface area contributed by atoms with E-state index in [0.29, 0.717) is 11.3 Å². The molecule has 0 radical (unpaired) electrons. The van der Waals surface area contributed by atoms with Crippen molar-refractivity contribution in [3.8, 4) is 11.5 Å². The average molecular weight is 368 g/mol. The fourth-order valence-corrected chi connectivity index (χ4v) is 2.44. The van der Waals surface area contributed by atoms with Gasteiger partial charge in [0.15, 0.2) is 23.9 Å². The van der Waals surface area contributed by atoms with Crippen molar-refractivity contribution in [3.63, 3.8) is 0 Å². The zero-order chi connectivity index (χ0) is 20.0. The predicted molar refractivity (Wildman–Crippen MR) is 105 cm³/mol. The van der Waals surface area contributed by atoms with Crippen molar-refractivity contribution in [2.75, 3.05) is 13.7 Å². The molecular formula is C22H24O5. The number of carbonyl (C=O) groups is 2. The molecule has 0 atom stereocenters. The summed E-state index contributed by atoms with van der Waals surface area (Å²) in [4.78, 5) is 23.0. The number of carboxylic acids is 1. The van der Waals surface area contributed by atoms with Crippen LogP contribution in [-0.2, 0) is 10.2 Å². The number of benzene rings is 2. The molecule has 1 N–H and O–H groups in total. The third kappa shape index (κ3) is 5.71. The first kappa shape index (κ1) is 20.2. The summed E-state index contributed by atoms with van der Waals surface area (Å²) in [6.07, 6.45) is 3.26. The molecule has 0 heterocycles. The van der Waals surface area contributed by atoms with Crippen LogP contribution in [0.5, 0.6) is 11.5 Å². The molecule has 0 saturated heterocycles. The highest BCUT2D eigenvalue weighted by Gasteiger charge is 2.13. The van der Waals surface area contributed by atoms with E-state index in [1.807, 2.05) is 12.1 Å². The first-order valence-electron chi connectivity index (χ1n) is 8.56. The van der Waals surface area contributed by atoms with E-state index in [9.17, 15) is 9.59 Å². The molecule has 2 rings (SSSR count). The summed E-state index contributed by atoms with van der Waals surface area (Å²) in [7, 11) is 1.43. The van der Waals surface area contributed by atoms with Crippen LogP contribution in [0.15, 0.2) is 48.5 Å². The molecular weight excluding hydrogens is 344 g/mol. The first-order valence-corrected chi connectivity index (χ1v) is 8.56. The summed E-state index contributed by atoms with van der Waals surface area (Å²) >= 11 is 0. The third-order valence-corrected chi connectivity index (χ3v) is 4.00. The highest BCUT2D eigenvalue weighted by atomic mass is 16.5. The van der Waals surface area contributed by atoms with Gasteiger partial charge in [-0.05, 0) is 40.8 Å². The van der Waals surface area contributed by atoms with E-state index in [1.54, 1.807) is 12.1 Å². The Bertz CT molecular complexity index is 842. The number of aliphatic carboxylic acids is 1. The Hall–Kier alpha value is -3.08. The number of carboxylic acid groups (broad SMARTS) is 1. The molecule has 0 bridgehead atoms. The Morgan fingerprint density at radius 2 is 1.70 bits per heavy atom. The largest absolute Gasteiger partial charge is 0.493 e. The van der Waals surface area contributed by atoms with Crippen molar-refractivity contribution in [1.82, 2.24) is 0 Å². The van der Waals surface area contributed by atoms with Crippen LogP contribution in [0, 0.1) is 0 Å². The SMILES string of the molecule is COc1cc(C(=O)C=Cc2ccc(C(C)(C)C)cc2)ccc1OCC(=O)O. The number of ketones is 1. The third-order valence-electron chi connectivity index (χ3n) is 4.00. The zero-order valence-corrected chi connectivity index (χ0v) is 16.0. The minimum atomic E-state index is -1.09. The number of methoxy groups -OCH3 is 1. The number of hydrogen-bond acceptors (Lipinski definition) is 4. The van der Waals surface area contributed by atoms with Crippen LogP contribution >= 0.6 is 0 Å². The summed E-state index contributed by atoms with van der Waals surface area (Å²) in [5.74, 6) is -0.682. The summed E-state index contributed by atoms with van der Waals surface area (Å²) in [6.45, 7) is 5.98. The van der Waals surface area contributed by atoms with Gasteiger partial charge in [0.25, 0.3) is 0 Å². The second-order valence-corrected chi connectivity index (χ2v) is 7.12. The Labute approximate surface area is 159 Å². The molecule has 5 heteroatoms. The van der Waals surface area contributed by atoms with Gasteiger partial charge in [-0.15, -0.1) is 0 Å². The van der Waals surface area contributed by atoms with Gasteiger partial charge in [0.05, 0.1) is 7.11 Å². The summed E-state index contributed by atoms with van der Waals surface area (Å²) in [5.41, 5.74) is 2.67. The van der Waals surface area contributed by atoms with E-state index in [0.717, 1.165) is 5.56 Å². The van der Waals surface area contributed by atoms with Gasteiger partial charge < -0.3 is 14.6 Å². The minimum Gasteiger partial charge on any atom is -0.493 e. The lowest BCUT2D eigenvalue weighted by molar-refractivity contribution is -0.139.